The molecular weight excluding hydrogens is 517 g/mol. The minimum Gasteiger partial charge on any atom is -0.392 e. The lowest BCUT2D eigenvalue weighted by atomic mass is 9.90. The molecule has 1 aromatic heterocycles. The Kier molecular flexibility index (Phi) is 7.50. The number of likely N-dealkylation sites (tertiary alicyclic amines) is 1. The molecule has 40 heavy (non-hydrogen) atoms. The van der Waals surface area contributed by atoms with E-state index < -0.39 is 35.0 Å². The predicted molar refractivity (Wildman–Crippen MR) is 149 cm³/mol. The summed E-state index contributed by atoms with van der Waals surface area (Å²) >= 11 is 0. The number of amides is 3. The number of carbonyl (C=O) groups is 2. The number of hydrogen-bond donors (Lipinski definition) is 3. The maximum Gasteiger partial charge on any atom is 0.331 e. The van der Waals surface area contributed by atoms with Gasteiger partial charge in [0.25, 0.3) is 11.5 Å². The minimum absolute atomic E-state index is 0.140. The van der Waals surface area contributed by atoms with Gasteiger partial charge >= 0.3 is 11.7 Å². The van der Waals surface area contributed by atoms with E-state index in [1.54, 1.807) is 26.0 Å². The van der Waals surface area contributed by atoms with Crippen molar-refractivity contribution in [3.05, 3.63) is 73.7 Å². The Labute approximate surface area is 230 Å². The Morgan fingerprint density at radius 1 is 1.12 bits per heavy atom. The molecule has 11 heteroatoms. The molecule has 1 atom stereocenters. The summed E-state index contributed by atoms with van der Waals surface area (Å²) in [7, 11) is 0. The van der Waals surface area contributed by atoms with Crippen LogP contribution in [0.5, 0.6) is 0 Å². The molecule has 0 unspecified atom stereocenters. The number of carbonyl (C=O) groups excluding carboxylic acids is 2. The number of anilines is 1. The van der Waals surface area contributed by atoms with Gasteiger partial charge in [-0.25, -0.2) is 14.0 Å². The number of nitrogens with one attached hydrogen (secondary N) is 1. The van der Waals surface area contributed by atoms with Crippen molar-refractivity contribution >= 4 is 28.5 Å². The summed E-state index contributed by atoms with van der Waals surface area (Å²) in [5.74, 6) is -1.14. The summed E-state index contributed by atoms with van der Waals surface area (Å²) in [5.41, 5.74) is 5.96. The highest BCUT2D eigenvalue weighted by Crippen LogP contribution is 2.34. The number of piperidine rings is 1. The number of urea groups is 1. The lowest BCUT2D eigenvalue weighted by Crippen LogP contribution is -2.42. The van der Waals surface area contributed by atoms with Crippen molar-refractivity contribution < 1.29 is 19.1 Å². The zero-order valence-electron chi connectivity index (χ0n) is 22.7. The first-order valence-electron chi connectivity index (χ1n) is 13.7. The molecule has 0 radical (unpaired) electrons. The molecule has 10 nitrogen and oxygen atoms in total. The molecule has 1 aliphatic carbocycles. The van der Waals surface area contributed by atoms with Gasteiger partial charge < -0.3 is 21.1 Å². The third kappa shape index (κ3) is 5.13. The highest BCUT2D eigenvalue weighted by atomic mass is 19.1. The van der Waals surface area contributed by atoms with E-state index in [-0.39, 0.29) is 40.7 Å². The van der Waals surface area contributed by atoms with Crippen LogP contribution in [0.15, 0.2) is 39.9 Å². The van der Waals surface area contributed by atoms with Crippen molar-refractivity contribution in [2.75, 3.05) is 11.9 Å². The van der Waals surface area contributed by atoms with E-state index in [0.717, 1.165) is 31.7 Å². The van der Waals surface area contributed by atoms with Crippen LogP contribution in [0, 0.1) is 11.7 Å². The standard InChI is InChI=1S/C29H34FN5O5/c1-16(2)35-25-13-22(30)23(12-21(25)27(38)34(29(35)40)14-17-6-7-17)32-26(37)18-8-9-19(15-36)20(11-18)24-5-3-4-10-33(24)28(31)39/h8-9,11-13,16-17,24,36H,3-7,10,14-15H2,1-2H3,(H2,31,39)(H,32,37)/t24-/m1/s1. The van der Waals surface area contributed by atoms with Crippen LogP contribution in [0.2, 0.25) is 0 Å². The summed E-state index contributed by atoms with van der Waals surface area (Å²) in [6.45, 7) is 4.08. The fraction of sp³-hybridized carbons (Fsp3) is 0.448. The summed E-state index contributed by atoms with van der Waals surface area (Å²) in [5, 5.41) is 12.6. The molecule has 5 rings (SSSR count). The van der Waals surface area contributed by atoms with Gasteiger partial charge in [0.15, 0.2) is 0 Å². The average Bonchev–Trinajstić information content (AvgIpc) is 3.75. The zero-order valence-corrected chi connectivity index (χ0v) is 22.7. The van der Waals surface area contributed by atoms with E-state index in [1.165, 1.54) is 26.2 Å². The first-order valence-corrected chi connectivity index (χ1v) is 13.7. The van der Waals surface area contributed by atoms with Crippen LogP contribution >= 0.6 is 0 Å². The lowest BCUT2D eigenvalue weighted by Gasteiger charge is -2.35. The minimum atomic E-state index is -0.784. The Morgan fingerprint density at radius 3 is 2.52 bits per heavy atom. The quantitative estimate of drug-likeness (QED) is 0.411. The summed E-state index contributed by atoms with van der Waals surface area (Å²) in [6.07, 6.45) is 4.20. The predicted octanol–water partition coefficient (Wildman–Crippen LogP) is 3.64. The summed E-state index contributed by atoms with van der Waals surface area (Å²) < 4.78 is 17.9. The molecule has 2 aliphatic rings. The third-order valence-corrected chi connectivity index (χ3v) is 7.88. The van der Waals surface area contributed by atoms with Crippen LogP contribution in [0.3, 0.4) is 0 Å². The number of nitrogens with two attached hydrogens (primary N) is 1. The fourth-order valence-corrected chi connectivity index (χ4v) is 5.62. The van der Waals surface area contributed by atoms with E-state index in [2.05, 4.69) is 5.32 Å². The summed E-state index contributed by atoms with van der Waals surface area (Å²) in [6, 6.07) is 5.82. The smallest absolute Gasteiger partial charge is 0.331 e. The molecule has 212 valence electrons. The molecule has 0 bridgehead atoms. The van der Waals surface area contributed by atoms with Crippen LogP contribution in [0.25, 0.3) is 10.9 Å². The van der Waals surface area contributed by atoms with Crippen LogP contribution in [0.1, 0.15) is 79.5 Å². The van der Waals surface area contributed by atoms with Crippen LogP contribution < -0.4 is 22.3 Å². The molecule has 1 saturated carbocycles. The molecule has 3 aromatic rings. The highest BCUT2D eigenvalue weighted by molar-refractivity contribution is 6.05. The maximum atomic E-state index is 15.3. The number of rotatable bonds is 7. The topological polar surface area (TPSA) is 140 Å². The number of aliphatic hydroxyl groups excluding tert-OH is 1. The van der Waals surface area contributed by atoms with Crippen molar-refractivity contribution in [1.82, 2.24) is 14.0 Å². The molecule has 0 spiro atoms. The van der Waals surface area contributed by atoms with E-state index in [9.17, 15) is 24.3 Å². The highest BCUT2D eigenvalue weighted by Gasteiger charge is 2.29. The second-order valence-electron chi connectivity index (χ2n) is 11.0. The number of aromatic nitrogens is 2. The van der Waals surface area contributed by atoms with E-state index >= 15 is 4.39 Å². The van der Waals surface area contributed by atoms with Gasteiger partial charge in [-0.2, -0.15) is 0 Å². The molecule has 3 amide bonds. The molecule has 1 saturated heterocycles. The van der Waals surface area contributed by atoms with Gasteiger partial charge in [-0.05, 0) is 81.2 Å². The second kappa shape index (κ2) is 10.9. The molecule has 2 fully saturated rings. The fourth-order valence-electron chi connectivity index (χ4n) is 5.62. The Bertz CT molecular complexity index is 1610. The monoisotopic (exact) mass is 551 g/mol. The lowest BCUT2D eigenvalue weighted by molar-refractivity contribution is 0.102. The second-order valence-corrected chi connectivity index (χ2v) is 11.0. The number of fused-ring (bicyclic) bond motifs is 1. The van der Waals surface area contributed by atoms with Crippen molar-refractivity contribution in [2.45, 2.75) is 71.2 Å². The van der Waals surface area contributed by atoms with Gasteiger partial charge in [-0.1, -0.05) is 6.07 Å². The number of nitrogens with zero attached hydrogens (tertiary/aromatic N) is 3. The van der Waals surface area contributed by atoms with Gasteiger partial charge in [0.1, 0.15) is 5.82 Å². The number of aliphatic hydroxyl groups is 1. The SMILES string of the molecule is CC(C)n1c(=O)n(CC2CC2)c(=O)c2cc(NC(=O)c3ccc(CO)c([C@H]4CCCCN4C(N)=O)c3)c(F)cc21. The van der Waals surface area contributed by atoms with Gasteiger partial charge in [0.05, 0.1) is 29.2 Å². The number of halogens is 1. The molecule has 2 aromatic carbocycles. The van der Waals surface area contributed by atoms with E-state index in [1.807, 2.05) is 0 Å². The largest absolute Gasteiger partial charge is 0.392 e. The first-order chi connectivity index (χ1) is 19.1. The van der Waals surface area contributed by atoms with Crippen molar-refractivity contribution in [3.63, 3.8) is 0 Å². The van der Waals surface area contributed by atoms with Gasteiger partial charge in [0.2, 0.25) is 0 Å². The molecule has 4 N–H and O–H groups in total. The van der Waals surface area contributed by atoms with Gasteiger partial charge in [0, 0.05) is 30.8 Å². The Hall–Kier alpha value is -3.99. The normalized spacial score (nSPS) is 17.4. The first kappa shape index (κ1) is 27.6. The van der Waals surface area contributed by atoms with Crippen molar-refractivity contribution in [1.29, 1.82) is 0 Å². The van der Waals surface area contributed by atoms with Gasteiger partial charge in [-0.3, -0.25) is 18.7 Å². The van der Waals surface area contributed by atoms with Crippen LogP contribution in [-0.2, 0) is 13.2 Å². The average molecular weight is 552 g/mol. The Balaban J connectivity index is 1.53. The van der Waals surface area contributed by atoms with Crippen molar-refractivity contribution in [2.24, 2.45) is 11.7 Å². The molecular formula is C29H34FN5O5. The third-order valence-electron chi connectivity index (χ3n) is 7.88. The number of hydrogen-bond acceptors (Lipinski definition) is 5. The van der Waals surface area contributed by atoms with Crippen molar-refractivity contribution in [3.8, 4) is 0 Å². The van der Waals surface area contributed by atoms with Gasteiger partial charge in [-0.15, -0.1) is 0 Å². The summed E-state index contributed by atoms with van der Waals surface area (Å²) in [4.78, 5) is 53.4. The number of primary amides is 1. The van der Waals surface area contributed by atoms with Crippen LogP contribution in [0.4, 0.5) is 14.9 Å². The molecule has 1 aliphatic heterocycles. The zero-order chi connectivity index (χ0) is 28.7. The molecule has 2 heterocycles. The number of benzene rings is 2. The van der Waals surface area contributed by atoms with E-state index in [0.29, 0.717) is 30.6 Å². The van der Waals surface area contributed by atoms with Crippen LogP contribution in [-0.4, -0.2) is 37.6 Å². The van der Waals surface area contributed by atoms with E-state index in [4.69, 9.17) is 5.73 Å². The Morgan fingerprint density at radius 2 is 1.88 bits per heavy atom. The maximum absolute atomic E-state index is 15.3.